The lowest BCUT2D eigenvalue weighted by Crippen LogP contribution is -2.76. The average Bonchev–Trinajstić information content (AvgIpc) is 3.86. The molecule has 0 atom stereocenters. The molecule has 4 aromatic heterocycles. The van der Waals surface area contributed by atoms with Crippen molar-refractivity contribution in [2.24, 2.45) is 11.3 Å². The first-order valence-electron chi connectivity index (χ1n) is 18.2. The summed E-state index contributed by atoms with van der Waals surface area (Å²) in [7, 11) is 2.95. The number of anilines is 1. The second-order valence-electron chi connectivity index (χ2n) is 15.2. The van der Waals surface area contributed by atoms with Gasteiger partial charge in [0.05, 0.1) is 19.9 Å². The lowest BCUT2D eigenvalue weighted by Gasteiger charge is -2.72. The van der Waals surface area contributed by atoms with E-state index in [1.54, 1.807) is 29.4 Å². The molecule has 0 aromatic carbocycles. The van der Waals surface area contributed by atoms with Crippen molar-refractivity contribution < 1.29 is 19.1 Å². The quantitative estimate of drug-likeness (QED) is 0.236. The van der Waals surface area contributed by atoms with Crippen LogP contribution in [-0.4, -0.2) is 92.2 Å². The van der Waals surface area contributed by atoms with Crippen molar-refractivity contribution in [3.05, 3.63) is 61.8 Å². The highest BCUT2D eigenvalue weighted by molar-refractivity contribution is 5.96. The number of carbonyl (C=O) groups is 2. The Bertz CT molecular complexity index is 2190. The molecule has 9 rings (SSSR count). The summed E-state index contributed by atoms with van der Waals surface area (Å²) in [5.41, 5.74) is 2.29. The normalized spacial score (nSPS) is 22.3. The minimum absolute atomic E-state index is 0.0109. The highest BCUT2D eigenvalue weighted by atomic mass is 16.5. The number of carbonyl (C=O) groups excluding carboxylic acids is 2. The van der Waals surface area contributed by atoms with Crippen LogP contribution in [0.3, 0.4) is 0 Å². The molecule has 52 heavy (non-hydrogen) atoms. The Hall–Kier alpha value is -5.21. The number of amides is 2. The van der Waals surface area contributed by atoms with Gasteiger partial charge in [0.2, 0.25) is 28.5 Å². The molecule has 15 heteroatoms. The molecule has 15 nitrogen and oxygen atoms in total. The first-order chi connectivity index (χ1) is 25.0. The Morgan fingerprint density at radius 2 is 1.77 bits per heavy atom. The van der Waals surface area contributed by atoms with Crippen LogP contribution < -0.4 is 30.5 Å². The van der Waals surface area contributed by atoms with Gasteiger partial charge in [0.15, 0.2) is 11.2 Å². The predicted molar refractivity (Wildman–Crippen MR) is 193 cm³/mol. The molecule has 5 fully saturated rings. The van der Waals surface area contributed by atoms with E-state index in [-0.39, 0.29) is 64.8 Å². The molecule has 0 unspecified atom stereocenters. The zero-order valence-electron chi connectivity index (χ0n) is 30.3. The summed E-state index contributed by atoms with van der Waals surface area (Å²) in [6, 6.07) is 3.39. The molecule has 5 aliphatic rings. The van der Waals surface area contributed by atoms with Crippen LogP contribution in [0.15, 0.2) is 34.1 Å². The van der Waals surface area contributed by atoms with Gasteiger partial charge < -0.3 is 34.1 Å². The Morgan fingerprint density at radius 1 is 1.04 bits per heavy atom. The predicted octanol–water partition coefficient (Wildman–Crippen LogP) is 2.78. The molecule has 4 saturated carbocycles. The number of hydrogen-bond acceptors (Lipinski definition) is 10. The lowest BCUT2D eigenvalue weighted by molar-refractivity contribution is -0.187. The summed E-state index contributed by atoms with van der Waals surface area (Å²) < 4.78 is 12.5. The van der Waals surface area contributed by atoms with E-state index < -0.39 is 5.91 Å². The topological polar surface area (TPSA) is 170 Å². The third-order valence-corrected chi connectivity index (χ3v) is 11.8. The van der Waals surface area contributed by atoms with Crippen LogP contribution in [0.1, 0.15) is 80.4 Å². The number of hydrogen-bond donors (Lipinski definition) is 2. The zero-order valence-corrected chi connectivity index (χ0v) is 30.3. The van der Waals surface area contributed by atoms with Crippen LogP contribution in [0, 0.1) is 11.3 Å². The van der Waals surface area contributed by atoms with Gasteiger partial charge in [0.1, 0.15) is 17.8 Å². The zero-order chi connectivity index (χ0) is 36.5. The van der Waals surface area contributed by atoms with E-state index in [1.165, 1.54) is 19.0 Å². The molecular formula is C37H45N9O6. The summed E-state index contributed by atoms with van der Waals surface area (Å²) in [6.45, 7) is 7.65. The maximum atomic E-state index is 14.4. The van der Waals surface area contributed by atoms with E-state index in [2.05, 4.69) is 34.2 Å². The molecule has 0 spiro atoms. The van der Waals surface area contributed by atoms with Gasteiger partial charge in [0, 0.05) is 61.4 Å². The summed E-state index contributed by atoms with van der Waals surface area (Å²) in [5.74, 6) is 0.725. The Labute approximate surface area is 300 Å². The van der Waals surface area contributed by atoms with Crippen LogP contribution in [0.4, 0.5) is 5.69 Å². The van der Waals surface area contributed by atoms with E-state index in [9.17, 15) is 19.2 Å². The van der Waals surface area contributed by atoms with E-state index in [1.807, 2.05) is 16.4 Å². The fourth-order valence-corrected chi connectivity index (χ4v) is 8.69. The summed E-state index contributed by atoms with van der Waals surface area (Å²) in [5, 5.41) is 12.7. The minimum atomic E-state index is -0.399. The smallest absolute Gasteiger partial charge is 0.263 e. The first kappa shape index (κ1) is 33.9. The Balaban J connectivity index is 1.12. The van der Waals surface area contributed by atoms with Gasteiger partial charge in [-0.2, -0.15) is 0 Å². The number of H-pyrrole nitrogens is 1. The summed E-state index contributed by atoms with van der Waals surface area (Å²) >= 11 is 0. The lowest BCUT2D eigenvalue weighted by atomic mass is 9.36. The van der Waals surface area contributed by atoms with Crippen molar-refractivity contribution in [1.29, 1.82) is 0 Å². The third-order valence-electron chi connectivity index (χ3n) is 11.8. The third kappa shape index (κ3) is 5.43. The average molecular weight is 712 g/mol. The second-order valence-corrected chi connectivity index (χ2v) is 15.2. The van der Waals surface area contributed by atoms with Crippen molar-refractivity contribution in [2.75, 3.05) is 45.3 Å². The first-order valence-corrected chi connectivity index (χ1v) is 18.2. The van der Waals surface area contributed by atoms with Crippen LogP contribution in [-0.2, 0) is 17.8 Å². The van der Waals surface area contributed by atoms with Gasteiger partial charge >= 0.3 is 0 Å². The monoisotopic (exact) mass is 711 g/mol. The Kier molecular flexibility index (Phi) is 8.14. The number of nitrogens with one attached hydrogen (secondary N) is 2. The van der Waals surface area contributed by atoms with Crippen molar-refractivity contribution in [2.45, 2.75) is 77.3 Å². The maximum Gasteiger partial charge on any atom is 0.263 e. The van der Waals surface area contributed by atoms with E-state index in [0.717, 1.165) is 32.1 Å². The molecule has 2 amide bonds. The van der Waals surface area contributed by atoms with E-state index in [4.69, 9.17) is 14.6 Å². The summed E-state index contributed by atoms with van der Waals surface area (Å²) in [6.07, 6.45) is 8.49. The Morgan fingerprint density at radius 3 is 2.40 bits per heavy atom. The molecule has 5 heterocycles. The van der Waals surface area contributed by atoms with Crippen molar-refractivity contribution in [3.8, 4) is 17.4 Å². The van der Waals surface area contributed by atoms with E-state index >= 15 is 0 Å². The minimum Gasteiger partial charge on any atom is -0.482 e. The van der Waals surface area contributed by atoms with Gasteiger partial charge in [-0.25, -0.2) is 4.98 Å². The van der Waals surface area contributed by atoms with Gasteiger partial charge in [-0.05, 0) is 61.8 Å². The molecule has 2 bridgehead atoms. The van der Waals surface area contributed by atoms with Gasteiger partial charge in [-0.15, -0.1) is 15.0 Å². The van der Waals surface area contributed by atoms with Crippen molar-refractivity contribution in [3.63, 3.8) is 0 Å². The standard InChI is InChI=1S/C37H45N9O6/c1-6-25-30(43-11-13-44(14-12-43)35(50)28-31(48)24(22-7-8-22)16-39-34(28)52-5)32(49)29-33(42-46(41-29)23-9-10-38-27(15-23)51-4)45(25)17-26(47)40-37-18-36(19-37,20-37)21(2)3/h9-10,15-16,21-22H,6-8,11-14,17-20H2,1-5H3,(H,39,48)(H,40,47). The number of ether oxygens (including phenoxy) is 2. The second kappa shape index (κ2) is 12.5. The molecular weight excluding hydrogens is 666 g/mol. The molecule has 4 aromatic rings. The summed E-state index contributed by atoms with van der Waals surface area (Å²) in [4.78, 5) is 67.6. The highest BCUT2D eigenvalue weighted by Gasteiger charge is 2.69. The number of piperazine rings is 1. The molecule has 2 N–H and O–H groups in total. The SMILES string of the molecule is CCc1c(N2CCN(C(=O)c3c(OC)[nH]cc(C4CC4)c3=O)CC2)c(=O)c2nn(-c3ccnc(OC)c3)nc2n1CC(=O)NC12CC(C(C)C)(C1)C2. The van der Waals surface area contributed by atoms with Crippen LogP contribution in [0.25, 0.3) is 16.9 Å². The molecule has 0 radical (unpaired) electrons. The van der Waals surface area contributed by atoms with Gasteiger partial charge in [-0.1, -0.05) is 20.8 Å². The number of nitrogens with zero attached hydrogens (tertiary/aromatic N) is 7. The maximum absolute atomic E-state index is 14.4. The fraction of sp³-hybridized carbons (Fsp3) is 0.541. The molecule has 1 saturated heterocycles. The number of aromatic amines is 1. The number of fused-ring (bicyclic) bond motifs is 1. The van der Waals surface area contributed by atoms with Crippen LogP contribution >= 0.6 is 0 Å². The van der Waals surface area contributed by atoms with E-state index in [0.29, 0.717) is 65.0 Å². The van der Waals surface area contributed by atoms with Gasteiger partial charge in [0.25, 0.3) is 5.91 Å². The number of aromatic nitrogens is 6. The number of methoxy groups -OCH3 is 2. The number of rotatable bonds is 11. The van der Waals surface area contributed by atoms with Crippen LogP contribution in [0.5, 0.6) is 11.8 Å². The largest absolute Gasteiger partial charge is 0.482 e. The van der Waals surface area contributed by atoms with Gasteiger partial charge in [-0.3, -0.25) is 19.2 Å². The molecule has 1 aliphatic heterocycles. The molecule has 274 valence electrons. The number of pyridine rings is 3. The van der Waals surface area contributed by atoms with Crippen LogP contribution in [0.2, 0.25) is 0 Å². The molecule has 4 aliphatic carbocycles. The van der Waals surface area contributed by atoms with Crippen molar-refractivity contribution >= 4 is 28.7 Å². The highest BCUT2D eigenvalue weighted by Crippen LogP contribution is 2.70. The fourth-order valence-electron chi connectivity index (χ4n) is 8.69. The van der Waals surface area contributed by atoms with Crippen molar-refractivity contribution in [1.82, 2.24) is 39.7 Å².